The van der Waals surface area contributed by atoms with Crippen LogP contribution in [0.5, 0.6) is 5.75 Å². The van der Waals surface area contributed by atoms with Crippen LogP contribution < -0.4 is 4.74 Å². The molecule has 2 aliphatic rings. The number of piperidine rings is 1. The van der Waals surface area contributed by atoms with Crippen LogP contribution in [0, 0.1) is 12.3 Å². The molecule has 2 aliphatic heterocycles. The maximum absolute atomic E-state index is 13.4. The molecule has 2 aromatic rings. The molecule has 0 bridgehead atoms. The minimum atomic E-state index is -0.217. The zero-order valence-corrected chi connectivity index (χ0v) is 22.3. The van der Waals surface area contributed by atoms with Crippen LogP contribution in [-0.2, 0) is 17.9 Å². The van der Waals surface area contributed by atoms with Crippen LogP contribution in [0.3, 0.4) is 0 Å². The number of nitrogens with zero attached hydrogens (tertiary/aromatic N) is 5. The second kappa shape index (κ2) is 11.8. The van der Waals surface area contributed by atoms with E-state index in [4.69, 9.17) is 16.3 Å². The van der Waals surface area contributed by atoms with Gasteiger partial charge in [-0.15, -0.1) is 0 Å². The zero-order chi connectivity index (χ0) is 24.8. The number of halogens is 1. The van der Waals surface area contributed by atoms with Crippen LogP contribution in [0.25, 0.3) is 0 Å². The number of likely N-dealkylation sites (N-methyl/N-ethyl adjacent to an activating group) is 1. The minimum absolute atomic E-state index is 0.217. The quantitative estimate of drug-likeness (QED) is 0.518. The number of carbonyl (C=O) groups excluding carboxylic acids is 1. The van der Waals surface area contributed by atoms with E-state index in [1.54, 1.807) is 0 Å². The molecule has 0 aliphatic carbocycles. The highest BCUT2D eigenvalue weighted by Gasteiger charge is 2.40. The second-order valence-electron chi connectivity index (χ2n) is 10.5. The molecule has 0 unspecified atom stereocenters. The molecule has 0 N–H and O–H groups in total. The number of benzene rings is 1. The van der Waals surface area contributed by atoms with Crippen molar-refractivity contribution >= 4 is 17.5 Å². The maximum Gasteiger partial charge on any atom is 0.223 e. The molecule has 1 atom stereocenters. The highest BCUT2D eigenvalue weighted by molar-refractivity contribution is 6.31. The topological polar surface area (TPSA) is 53.8 Å². The summed E-state index contributed by atoms with van der Waals surface area (Å²) < 4.78 is 8.37. The SMILES string of the molecule is CCCn1cc(CN2CCC[C@](COc3ccc(Cl)c(C)c3)(CC(=O)N3CCN(C)CC3)C2)cn1. The number of ether oxygens (including phenoxy) is 1. The maximum atomic E-state index is 13.4. The molecule has 3 heterocycles. The Hall–Kier alpha value is -2.09. The fraction of sp³-hybridized carbons (Fsp3) is 0.630. The molecule has 1 amide bonds. The number of rotatable bonds is 9. The summed E-state index contributed by atoms with van der Waals surface area (Å²) in [5, 5.41) is 5.25. The van der Waals surface area contributed by atoms with Gasteiger partial charge in [0.2, 0.25) is 5.91 Å². The van der Waals surface area contributed by atoms with Gasteiger partial charge in [-0.2, -0.15) is 5.10 Å². The van der Waals surface area contributed by atoms with E-state index in [1.165, 1.54) is 5.56 Å². The fourth-order valence-corrected chi connectivity index (χ4v) is 5.41. The van der Waals surface area contributed by atoms with Crippen molar-refractivity contribution in [1.29, 1.82) is 0 Å². The van der Waals surface area contributed by atoms with Gasteiger partial charge in [0.25, 0.3) is 0 Å². The Balaban J connectivity index is 1.47. The molecule has 2 saturated heterocycles. The summed E-state index contributed by atoms with van der Waals surface area (Å²) in [6.45, 7) is 11.8. The monoisotopic (exact) mass is 501 g/mol. The van der Waals surface area contributed by atoms with E-state index in [0.717, 1.165) is 88.0 Å². The van der Waals surface area contributed by atoms with Gasteiger partial charge in [-0.25, -0.2) is 0 Å². The lowest BCUT2D eigenvalue weighted by Crippen LogP contribution is -2.52. The van der Waals surface area contributed by atoms with E-state index in [1.807, 2.05) is 40.9 Å². The van der Waals surface area contributed by atoms with Crippen LogP contribution >= 0.6 is 11.6 Å². The lowest BCUT2D eigenvalue weighted by atomic mass is 9.77. The largest absolute Gasteiger partial charge is 0.493 e. The second-order valence-corrected chi connectivity index (χ2v) is 10.9. The average Bonchev–Trinajstić information content (AvgIpc) is 3.27. The van der Waals surface area contributed by atoms with Gasteiger partial charge in [-0.1, -0.05) is 18.5 Å². The number of aromatic nitrogens is 2. The van der Waals surface area contributed by atoms with E-state index in [9.17, 15) is 4.79 Å². The first-order valence-corrected chi connectivity index (χ1v) is 13.3. The van der Waals surface area contributed by atoms with Gasteiger partial charge >= 0.3 is 0 Å². The molecule has 7 nitrogen and oxygen atoms in total. The predicted molar refractivity (Wildman–Crippen MR) is 140 cm³/mol. The third kappa shape index (κ3) is 6.99. The summed E-state index contributed by atoms with van der Waals surface area (Å²) in [5.74, 6) is 1.07. The Kier molecular flexibility index (Phi) is 8.73. The van der Waals surface area contributed by atoms with Gasteiger partial charge < -0.3 is 14.5 Å². The van der Waals surface area contributed by atoms with Crippen molar-refractivity contribution in [3.05, 3.63) is 46.7 Å². The van der Waals surface area contributed by atoms with E-state index >= 15 is 0 Å². The zero-order valence-electron chi connectivity index (χ0n) is 21.5. The number of hydrogen-bond acceptors (Lipinski definition) is 5. The number of hydrogen-bond donors (Lipinski definition) is 0. The van der Waals surface area contributed by atoms with Crippen LogP contribution in [0.2, 0.25) is 5.02 Å². The third-order valence-corrected chi connectivity index (χ3v) is 7.77. The third-order valence-electron chi connectivity index (χ3n) is 7.34. The molecule has 1 aromatic carbocycles. The normalized spacial score (nSPS) is 21.9. The Morgan fingerprint density at radius 3 is 2.74 bits per heavy atom. The minimum Gasteiger partial charge on any atom is -0.493 e. The summed E-state index contributed by atoms with van der Waals surface area (Å²) in [7, 11) is 2.12. The van der Waals surface area contributed by atoms with E-state index in [2.05, 4.69) is 35.1 Å². The van der Waals surface area contributed by atoms with Crippen molar-refractivity contribution in [3.8, 4) is 5.75 Å². The van der Waals surface area contributed by atoms with Gasteiger partial charge in [0.05, 0.1) is 12.8 Å². The Morgan fingerprint density at radius 2 is 2.00 bits per heavy atom. The highest BCUT2D eigenvalue weighted by atomic mass is 35.5. The van der Waals surface area contributed by atoms with Gasteiger partial charge in [0, 0.05) is 74.4 Å². The molecule has 0 spiro atoms. The number of piperazine rings is 1. The summed E-state index contributed by atoms with van der Waals surface area (Å²) in [6, 6.07) is 5.80. The van der Waals surface area contributed by atoms with E-state index in [0.29, 0.717) is 13.0 Å². The van der Waals surface area contributed by atoms with Gasteiger partial charge in [-0.3, -0.25) is 14.4 Å². The summed E-state index contributed by atoms with van der Waals surface area (Å²) in [5.41, 5.74) is 2.01. The molecule has 0 saturated carbocycles. The molecule has 0 radical (unpaired) electrons. The Morgan fingerprint density at radius 1 is 1.20 bits per heavy atom. The molecular weight excluding hydrogens is 462 g/mol. The van der Waals surface area contributed by atoms with Crippen molar-refractivity contribution < 1.29 is 9.53 Å². The smallest absolute Gasteiger partial charge is 0.223 e. The fourth-order valence-electron chi connectivity index (χ4n) is 5.29. The van der Waals surface area contributed by atoms with Crippen molar-refractivity contribution in [1.82, 2.24) is 24.5 Å². The first kappa shape index (κ1) is 26.0. The van der Waals surface area contributed by atoms with E-state index in [-0.39, 0.29) is 11.3 Å². The average molecular weight is 502 g/mol. The highest BCUT2D eigenvalue weighted by Crippen LogP contribution is 2.36. The molecular formula is C27H40ClN5O2. The van der Waals surface area contributed by atoms with Crippen molar-refractivity contribution in [3.63, 3.8) is 0 Å². The summed E-state index contributed by atoms with van der Waals surface area (Å²) >= 11 is 6.22. The van der Waals surface area contributed by atoms with Crippen LogP contribution in [0.15, 0.2) is 30.6 Å². The predicted octanol–water partition coefficient (Wildman–Crippen LogP) is 4.08. The van der Waals surface area contributed by atoms with Crippen molar-refractivity contribution in [2.75, 3.05) is 52.9 Å². The molecule has 192 valence electrons. The van der Waals surface area contributed by atoms with E-state index < -0.39 is 0 Å². The molecule has 4 rings (SSSR count). The molecule has 1 aromatic heterocycles. The standard InChI is InChI=1S/C27H40ClN5O2/c1-4-9-33-19-23(17-29-33)18-31-10-5-8-27(20-31,16-26(34)32-13-11-30(3)12-14-32)21-35-24-6-7-25(28)22(2)15-24/h6-7,15,17,19H,4-5,8-14,16,18,20-21H2,1-3H3/t27-/m0/s1. The van der Waals surface area contributed by atoms with Crippen molar-refractivity contribution in [2.24, 2.45) is 5.41 Å². The number of carbonyl (C=O) groups is 1. The first-order valence-electron chi connectivity index (χ1n) is 12.9. The molecule has 8 heteroatoms. The van der Waals surface area contributed by atoms with Crippen molar-refractivity contribution in [2.45, 2.75) is 52.6 Å². The molecule has 35 heavy (non-hydrogen) atoms. The van der Waals surface area contributed by atoms with Gasteiger partial charge in [0.15, 0.2) is 0 Å². The van der Waals surface area contributed by atoms with Crippen LogP contribution in [0.1, 0.15) is 43.7 Å². The number of aryl methyl sites for hydroxylation is 2. The lowest BCUT2D eigenvalue weighted by Gasteiger charge is -2.43. The van der Waals surface area contributed by atoms with Crippen LogP contribution in [0.4, 0.5) is 0 Å². The summed E-state index contributed by atoms with van der Waals surface area (Å²) in [4.78, 5) is 20.2. The van der Waals surface area contributed by atoms with Crippen LogP contribution in [-0.4, -0.2) is 83.3 Å². The lowest BCUT2D eigenvalue weighted by molar-refractivity contribution is -0.137. The molecule has 2 fully saturated rings. The first-order chi connectivity index (χ1) is 16.9. The Bertz CT molecular complexity index is 988. The van der Waals surface area contributed by atoms with Gasteiger partial charge in [-0.05, 0) is 63.5 Å². The number of amides is 1. The summed E-state index contributed by atoms with van der Waals surface area (Å²) in [6.07, 6.45) is 7.78. The van der Waals surface area contributed by atoms with Gasteiger partial charge in [0.1, 0.15) is 5.75 Å². The number of likely N-dealkylation sites (tertiary alicyclic amines) is 1. The Labute approximate surface area is 215 Å².